The van der Waals surface area contributed by atoms with Crippen LogP contribution in [0.4, 0.5) is 0 Å². The highest BCUT2D eigenvalue weighted by Gasteiger charge is 2.32. The number of unbranched alkanes of at least 4 members (excludes halogenated alkanes) is 1. The van der Waals surface area contributed by atoms with Gasteiger partial charge in [-0.25, -0.2) is 0 Å². The van der Waals surface area contributed by atoms with E-state index >= 15 is 0 Å². The number of hydrogen-bond acceptors (Lipinski definition) is 8. The van der Waals surface area contributed by atoms with Crippen molar-refractivity contribution in [1.82, 2.24) is 14.8 Å². The first-order valence-electron chi connectivity index (χ1n) is 12.8. The summed E-state index contributed by atoms with van der Waals surface area (Å²) in [6.07, 6.45) is 1.26. The summed E-state index contributed by atoms with van der Waals surface area (Å²) in [5.74, 6) is 1.82. The number of esters is 1. The molecule has 1 atom stereocenters. The van der Waals surface area contributed by atoms with Crippen LogP contribution >= 0.6 is 11.3 Å². The van der Waals surface area contributed by atoms with Crippen molar-refractivity contribution in [2.45, 2.75) is 46.1 Å². The van der Waals surface area contributed by atoms with Crippen LogP contribution in [0.15, 0.2) is 53.5 Å². The molecule has 5 rings (SSSR count). The molecule has 0 amide bonds. The lowest BCUT2D eigenvalue weighted by atomic mass is 9.97. The first kappa shape index (κ1) is 26.3. The van der Waals surface area contributed by atoms with Gasteiger partial charge in [-0.1, -0.05) is 36.4 Å². The molecule has 0 N–H and O–H groups in total. The van der Waals surface area contributed by atoms with E-state index in [9.17, 15) is 4.79 Å². The third-order valence-electron chi connectivity index (χ3n) is 6.85. The van der Waals surface area contributed by atoms with Crippen molar-refractivity contribution >= 4 is 23.0 Å². The first-order chi connectivity index (χ1) is 18.9. The van der Waals surface area contributed by atoms with Crippen molar-refractivity contribution in [2.75, 3.05) is 13.7 Å². The van der Waals surface area contributed by atoms with Crippen molar-refractivity contribution in [3.63, 3.8) is 0 Å². The molecule has 0 aliphatic carbocycles. The number of carbonyl (C=O) groups is 1. The lowest BCUT2D eigenvalue weighted by Gasteiger charge is -2.12. The van der Waals surface area contributed by atoms with Crippen LogP contribution in [0.3, 0.4) is 0 Å². The van der Waals surface area contributed by atoms with E-state index in [0.29, 0.717) is 25.3 Å². The van der Waals surface area contributed by atoms with Crippen molar-refractivity contribution in [1.29, 1.82) is 5.26 Å². The van der Waals surface area contributed by atoms with Crippen LogP contribution in [0, 0.1) is 32.1 Å². The molecule has 1 aliphatic rings. The first-order valence-corrected chi connectivity index (χ1v) is 13.6. The molecule has 0 saturated heterocycles. The number of aryl methyl sites for hydroxylation is 2. The molecule has 1 aliphatic heterocycles. The molecular weight excluding hydrogens is 510 g/mol. The van der Waals surface area contributed by atoms with Crippen LogP contribution in [0.5, 0.6) is 5.75 Å². The summed E-state index contributed by atoms with van der Waals surface area (Å²) in [6.45, 7) is 6.64. The predicted octanol–water partition coefficient (Wildman–Crippen LogP) is 6.06. The molecule has 9 heteroatoms. The summed E-state index contributed by atoms with van der Waals surface area (Å²) in [6, 6.07) is 17.9. The number of nitriles is 1. The fraction of sp³-hybridized carbons (Fsp3) is 0.300. The average molecular weight is 540 g/mol. The molecule has 0 bridgehead atoms. The van der Waals surface area contributed by atoms with Crippen molar-refractivity contribution in [2.24, 2.45) is 4.99 Å². The Hall–Kier alpha value is -4.29. The number of nitrogens with zero attached hydrogens (tertiary/aromatic N) is 5. The second-order valence-electron chi connectivity index (χ2n) is 9.39. The van der Waals surface area contributed by atoms with E-state index in [1.165, 1.54) is 12.0 Å². The van der Waals surface area contributed by atoms with Gasteiger partial charge in [0.1, 0.15) is 22.6 Å². The van der Waals surface area contributed by atoms with Crippen LogP contribution in [0.1, 0.15) is 58.5 Å². The second kappa shape index (κ2) is 11.2. The van der Waals surface area contributed by atoms with Crippen LogP contribution < -0.4 is 4.74 Å². The van der Waals surface area contributed by atoms with E-state index in [-0.39, 0.29) is 12.4 Å². The quantitative estimate of drug-likeness (QED) is 0.199. The van der Waals surface area contributed by atoms with Crippen LogP contribution in [-0.2, 0) is 9.53 Å². The minimum absolute atomic E-state index is 0.0738. The van der Waals surface area contributed by atoms with Gasteiger partial charge < -0.3 is 9.47 Å². The van der Waals surface area contributed by atoms with Gasteiger partial charge in [-0.2, -0.15) is 5.26 Å². The van der Waals surface area contributed by atoms with Gasteiger partial charge in [-0.3, -0.25) is 14.4 Å². The van der Waals surface area contributed by atoms with E-state index in [4.69, 9.17) is 19.7 Å². The molecule has 198 valence electrons. The molecule has 2 aromatic carbocycles. The molecule has 3 heterocycles. The molecule has 0 spiro atoms. The Bertz CT molecular complexity index is 1590. The smallest absolute Gasteiger partial charge is 0.308 e. The average Bonchev–Trinajstić information content (AvgIpc) is 3.43. The Kier molecular flexibility index (Phi) is 7.57. The molecule has 2 aromatic heterocycles. The van der Waals surface area contributed by atoms with Gasteiger partial charge in [-0.05, 0) is 56.0 Å². The summed E-state index contributed by atoms with van der Waals surface area (Å²) in [7, 11) is 1.38. The zero-order valence-electron chi connectivity index (χ0n) is 22.4. The maximum Gasteiger partial charge on any atom is 0.308 e. The van der Waals surface area contributed by atoms with Crippen molar-refractivity contribution in [3.8, 4) is 27.9 Å². The molecule has 0 fully saturated rings. The Labute approximate surface area is 231 Å². The number of methoxy groups -OCH3 is 1. The van der Waals surface area contributed by atoms with Gasteiger partial charge >= 0.3 is 5.97 Å². The molecule has 0 saturated carbocycles. The molecular formula is C30H29N5O3S. The largest absolute Gasteiger partial charge is 0.494 e. The summed E-state index contributed by atoms with van der Waals surface area (Å²) < 4.78 is 12.8. The van der Waals surface area contributed by atoms with Gasteiger partial charge in [-0.15, -0.1) is 21.5 Å². The number of thiophene rings is 1. The van der Waals surface area contributed by atoms with Gasteiger partial charge in [0.15, 0.2) is 5.82 Å². The normalized spacial score (nSPS) is 14.0. The molecule has 0 unspecified atom stereocenters. The molecule has 4 aromatic rings. The Morgan fingerprint density at radius 2 is 1.85 bits per heavy atom. The van der Waals surface area contributed by atoms with Crippen LogP contribution in [0.25, 0.3) is 16.1 Å². The predicted molar refractivity (Wildman–Crippen MR) is 151 cm³/mol. The minimum atomic E-state index is -0.525. The van der Waals surface area contributed by atoms with Gasteiger partial charge in [0, 0.05) is 22.4 Å². The van der Waals surface area contributed by atoms with Crippen molar-refractivity contribution < 1.29 is 14.3 Å². The standard InChI is InChI=1S/C30H29N5O3S/c1-18-19(2)39-30-27(18)28(32-25(17-26(36)37-4)29-34-33-20(3)35(29)30)22-12-10-21(11-13-22)23-8-7-9-24(16-23)38-15-6-5-14-31/h7-13,16,25H,5-6,15,17H2,1-4H3/t25-/m0/s1. The zero-order chi connectivity index (χ0) is 27.5. The Morgan fingerprint density at radius 3 is 2.59 bits per heavy atom. The van der Waals surface area contributed by atoms with E-state index in [1.54, 1.807) is 11.3 Å². The van der Waals surface area contributed by atoms with Gasteiger partial charge in [0.25, 0.3) is 0 Å². The number of ether oxygens (including phenoxy) is 2. The molecule has 0 radical (unpaired) electrons. The lowest BCUT2D eigenvalue weighted by Crippen LogP contribution is -2.12. The summed E-state index contributed by atoms with van der Waals surface area (Å²) >= 11 is 1.68. The highest BCUT2D eigenvalue weighted by atomic mass is 32.1. The highest BCUT2D eigenvalue weighted by Crippen LogP contribution is 2.39. The maximum absolute atomic E-state index is 12.3. The summed E-state index contributed by atoms with van der Waals surface area (Å²) in [5.41, 5.74) is 6.05. The van der Waals surface area contributed by atoms with Gasteiger partial charge in [0.05, 0.1) is 31.9 Å². The summed E-state index contributed by atoms with van der Waals surface area (Å²) in [4.78, 5) is 18.7. The van der Waals surface area contributed by atoms with E-state index in [1.807, 2.05) is 35.8 Å². The number of hydrogen-bond donors (Lipinski definition) is 0. The van der Waals surface area contributed by atoms with E-state index in [2.05, 4.69) is 54.4 Å². The van der Waals surface area contributed by atoms with Gasteiger partial charge in [0.2, 0.25) is 0 Å². The highest BCUT2D eigenvalue weighted by molar-refractivity contribution is 7.15. The fourth-order valence-electron chi connectivity index (χ4n) is 4.69. The lowest BCUT2D eigenvalue weighted by molar-refractivity contribution is -0.141. The number of benzene rings is 2. The summed E-state index contributed by atoms with van der Waals surface area (Å²) in [5, 5.41) is 18.5. The monoisotopic (exact) mass is 539 g/mol. The van der Waals surface area contributed by atoms with Crippen LogP contribution in [-0.4, -0.2) is 40.2 Å². The third kappa shape index (κ3) is 5.20. The Morgan fingerprint density at radius 1 is 1.08 bits per heavy atom. The number of aliphatic imine (C=N–C) groups is 1. The minimum Gasteiger partial charge on any atom is -0.494 e. The zero-order valence-corrected chi connectivity index (χ0v) is 23.2. The number of aromatic nitrogens is 3. The Balaban J connectivity index is 1.53. The van der Waals surface area contributed by atoms with E-state index < -0.39 is 6.04 Å². The maximum atomic E-state index is 12.3. The topological polar surface area (TPSA) is 102 Å². The third-order valence-corrected chi connectivity index (χ3v) is 8.05. The van der Waals surface area contributed by atoms with Crippen LogP contribution in [0.2, 0.25) is 0 Å². The number of rotatable bonds is 8. The number of fused-ring (bicyclic) bond motifs is 3. The number of carbonyl (C=O) groups excluding carboxylic acids is 1. The van der Waals surface area contributed by atoms with E-state index in [0.717, 1.165) is 50.1 Å². The SMILES string of the molecule is COC(=O)C[C@@H]1N=C(c2ccc(-c3cccc(OCCCC#N)c3)cc2)c2c(sc(C)c2C)-n2c(C)nnc21. The second-order valence-corrected chi connectivity index (χ2v) is 10.6. The molecule has 8 nitrogen and oxygen atoms in total. The fourth-order valence-corrected chi connectivity index (χ4v) is 5.91. The van der Waals surface area contributed by atoms with Crippen molar-refractivity contribution in [3.05, 3.63) is 81.7 Å². The molecule has 39 heavy (non-hydrogen) atoms.